The molecule has 2 aromatic heterocycles. The van der Waals surface area contributed by atoms with Crippen molar-refractivity contribution >= 4 is 34.9 Å². The number of ether oxygens (including phenoxy) is 1. The van der Waals surface area contributed by atoms with Crippen molar-refractivity contribution in [3.63, 3.8) is 0 Å². The lowest BCUT2D eigenvalue weighted by atomic mass is 10.0. The van der Waals surface area contributed by atoms with Crippen molar-refractivity contribution in [2.45, 2.75) is 6.92 Å². The van der Waals surface area contributed by atoms with Crippen LogP contribution in [0.2, 0.25) is 0 Å². The standard InChI is InChI=1S/C23H24N4O6/c1-13-19(27-10-6-5-7-17(27)21(13)33-4)20(29)14-8-9-16(15(11-14)22(30)31)25-23(32)24-12-18(28)26(2)3/h5-11H,12H2,1-4H3,(H,30,31)(H2,24,25,32). The Bertz CT molecular complexity index is 1260. The number of urea groups is 1. The van der Waals surface area contributed by atoms with Gasteiger partial charge < -0.3 is 29.8 Å². The molecule has 10 nitrogen and oxygen atoms in total. The summed E-state index contributed by atoms with van der Waals surface area (Å²) in [5.41, 5.74) is 1.54. The van der Waals surface area contributed by atoms with Crippen molar-refractivity contribution in [2.75, 3.05) is 33.1 Å². The van der Waals surface area contributed by atoms with Crippen LogP contribution in [0.1, 0.15) is 32.0 Å². The maximum Gasteiger partial charge on any atom is 0.337 e. The van der Waals surface area contributed by atoms with E-state index in [0.717, 1.165) is 0 Å². The maximum atomic E-state index is 13.3. The van der Waals surface area contributed by atoms with Crippen LogP contribution < -0.4 is 15.4 Å². The second kappa shape index (κ2) is 9.43. The summed E-state index contributed by atoms with van der Waals surface area (Å²) in [6.07, 6.45) is 1.73. The zero-order chi connectivity index (χ0) is 24.3. The Morgan fingerprint density at radius 3 is 2.48 bits per heavy atom. The maximum absolute atomic E-state index is 13.3. The number of anilines is 1. The smallest absolute Gasteiger partial charge is 0.337 e. The van der Waals surface area contributed by atoms with Gasteiger partial charge in [-0.25, -0.2) is 9.59 Å². The number of fused-ring (bicyclic) bond motifs is 1. The Balaban J connectivity index is 1.93. The van der Waals surface area contributed by atoms with Gasteiger partial charge in [0.1, 0.15) is 11.4 Å². The molecule has 3 N–H and O–H groups in total. The largest absolute Gasteiger partial charge is 0.494 e. The number of benzene rings is 1. The highest BCUT2D eigenvalue weighted by Gasteiger charge is 2.24. The fraction of sp³-hybridized carbons (Fsp3) is 0.217. The lowest BCUT2D eigenvalue weighted by molar-refractivity contribution is -0.127. The van der Waals surface area contributed by atoms with Gasteiger partial charge in [0.05, 0.1) is 30.4 Å². The minimum atomic E-state index is -1.32. The predicted molar refractivity (Wildman–Crippen MR) is 121 cm³/mol. The fourth-order valence-corrected chi connectivity index (χ4v) is 3.43. The van der Waals surface area contributed by atoms with E-state index in [1.807, 2.05) is 12.1 Å². The second-order valence-electron chi connectivity index (χ2n) is 7.45. The van der Waals surface area contributed by atoms with Gasteiger partial charge in [-0.05, 0) is 37.3 Å². The third kappa shape index (κ3) is 4.64. The average Bonchev–Trinajstić information content (AvgIpc) is 3.07. The Kier molecular flexibility index (Phi) is 6.67. The molecule has 172 valence electrons. The predicted octanol–water partition coefficient (Wildman–Crippen LogP) is 2.40. The molecule has 0 saturated carbocycles. The van der Waals surface area contributed by atoms with Crippen LogP contribution in [-0.4, -0.2) is 65.8 Å². The number of amides is 3. The van der Waals surface area contributed by atoms with Crippen LogP contribution in [0, 0.1) is 6.92 Å². The van der Waals surface area contributed by atoms with Gasteiger partial charge in [-0.1, -0.05) is 6.07 Å². The van der Waals surface area contributed by atoms with Crippen molar-refractivity contribution in [3.8, 4) is 5.75 Å². The Morgan fingerprint density at radius 2 is 1.85 bits per heavy atom. The summed E-state index contributed by atoms with van der Waals surface area (Å²) < 4.78 is 7.15. The molecular formula is C23H24N4O6. The monoisotopic (exact) mass is 452 g/mol. The van der Waals surface area contributed by atoms with E-state index in [1.165, 1.54) is 30.2 Å². The summed E-state index contributed by atoms with van der Waals surface area (Å²) in [6, 6.07) is 8.65. The minimum Gasteiger partial charge on any atom is -0.494 e. The number of carbonyl (C=O) groups is 4. The molecule has 0 spiro atoms. The molecule has 0 atom stereocenters. The van der Waals surface area contributed by atoms with E-state index in [0.29, 0.717) is 22.5 Å². The summed E-state index contributed by atoms with van der Waals surface area (Å²) >= 11 is 0. The van der Waals surface area contributed by atoms with Gasteiger partial charge in [0.2, 0.25) is 11.7 Å². The van der Waals surface area contributed by atoms with Crippen LogP contribution in [-0.2, 0) is 4.79 Å². The Morgan fingerprint density at radius 1 is 1.12 bits per heavy atom. The first-order chi connectivity index (χ1) is 15.6. The number of carboxylic acid groups (broad SMARTS) is 1. The molecule has 0 bridgehead atoms. The number of carbonyl (C=O) groups excluding carboxylic acids is 3. The van der Waals surface area contributed by atoms with Crippen molar-refractivity contribution in [1.29, 1.82) is 0 Å². The summed E-state index contributed by atoms with van der Waals surface area (Å²) in [7, 11) is 4.61. The summed E-state index contributed by atoms with van der Waals surface area (Å²) in [4.78, 5) is 50.2. The lowest BCUT2D eigenvalue weighted by Gasteiger charge is -2.13. The van der Waals surface area contributed by atoms with E-state index in [1.54, 1.807) is 37.7 Å². The number of hydrogen-bond acceptors (Lipinski definition) is 5. The number of likely N-dealkylation sites (N-methyl/N-ethyl adjacent to an activating group) is 1. The molecule has 2 heterocycles. The number of ketones is 1. The normalized spacial score (nSPS) is 10.5. The number of nitrogens with one attached hydrogen (secondary N) is 2. The van der Waals surface area contributed by atoms with Crippen LogP contribution in [0.15, 0.2) is 42.6 Å². The number of pyridine rings is 1. The molecule has 3 amide bonds. The van der Waals surface area contributed by atoms with Crippen LogP contribution in [0.25, 0.3) is 5.52 Å². The van der Waals surface area contributed by atoms with Crippen molar-refractivity contribution in [1.82, 2.24) is 14.6 Å². The van der Waals surface area contributed by atoms with Gasteiger partial charge >= 0.3 is 12.0 Å². The first kappa shape index (κ1) is 23.3. The molecule has 0 fully saturated rings. The molecule has 1 aromatic carbocycles. The number of carboxylic acids is 1. The van der Waals surface area contributed by atoms with Gasteiger partial charge in [-0.3, -0.25) is 9.59 Å². The van der Waals surface area contributed by atoms with E-state index in [9.17, 15) is 24.3 Å². The molecule has 3 rings (SSSR count). The van der Waals surface area contributed by atoms with Gasteiger partial charge in [-0.15, -0.1) is 0 Å². The van der Waals surface area contributed by atoms with Crippen molar-refractivity contribution in [2.24, 2.45) is 0 Å². The minimum absolute atomic E-state index is 0.0110. The lowest BCUT2D eigenvalue weighted by Crippen LogP contribution is -2.38. The number of aromatic nitrogens is 1. The molecule has 10 heteroatoms. The van der Waals surface area contributed by atoms with Crippen LogP contribution in [0.5, 0.6) is 5.75 Å². The van der Waals surface area contributed by atoms with Gasteiger partial charge in [-0.2, -0.15) is 0 Å². The van der Waals surface area contributed by atoms with Gasteiger partial charge in [0.25, 0.3) is 0 Å². The highest BCUT2D eigenvalue weighted by molar-refractivity contribution is 6.12. The molecule has 0 saturated heterocycles. The van der Waals surface area contributed by atoms with E-state index in [-0.39, 0.29) is 29.3 Å². The third-order valence-corrected chi connectivity index (χ3v) is 5.11. The quantitative estimate of drug-likeness (QED) is 0.472. The number of hydrogen-bond donors (Lipinski definition) is 3. The van der Waals surface area contributed by atoms with E-state index < -0.39 is 17.8 Å². The van der Waals surface area contributed by atoms with Gasteiger partial charge in [0.15, 0.2) is 0 Å². The Labute approximate surface area is 189 Å². The molecule has 3 aromatic rings. The third-order valence-electron chi connectivity index (χ3n) is 5.11. The van der Waals surface area contributed by atoms with E-state index >= 15 is 0 Å². The highest BCUT2D eigenvalue weighted by Crippen LogP contribution is 2.32. The second-order valence-corrected chi connectivity index (χ2v) is 7.45. The number of methoxy groups -OCH3 is 1. The van der Waals surface area contributed by atoms with Crippen molar-refractivity contribution in [3.05, 3.63) is 65.0 Å². The summed E-state index contributed by atoms with van der Waals surface area (Å²) in [6.45, 7) is 1.51. The highest BCUT2D eigenvalue weighted by atomic mass is 16.5. The zero-order valence-electron chi connectivity index (χ0n) is 18.6. The molecule has 0 aliphatic heterocycles. The Hall–Kier alpha value is -4.34. The summed E-state index contributed by atoms with van der Waals surface area (Å²) in [5.74, 6) is -1.49. The van der Waals surface area contributed by atoms with Crippen LogP contribution in [0.4, 0.5) is 10.5 Å². The van der Waals surface area contributed by atoms with Gasteiger partial charge in [0, 0.05) is 31.4 Å². The number of nitrogens with zero attached hydrogens (tertiary/aromatic N) is 2. The first-order valence-electron chi connectivity index (χ1n) is 9.96. The number of rotatable bonds is 7. The van der Waals surface area contributed by atoms with E-state index in [4.69, 9.17) is 4.74 Å². The van der Waals surface area contributed by atoms with E-state index in [2.05, 4.69) is 10.6 Å². The molecular weight excluding hydrogens is 428 g/mol. The molecule has 0 unspecified atom stereocenters. The van der Waals surface area contributed by atoms with Crippen molar-refractivity contribution < 1.29 is 29.0 Å². The SMILES string of the molecule is COc1c(C)c(C(=O)c2ccc(NC(=O)NCC(=O)N(C)C)c(C(=O)O)c2)n2ccccc12. The summed E-state index contributed by atoms with van der Waals surface area (Å²) in [5, 5.41) is 14.4. The molecule has 0 radical (unpaired) electrons. The zero-order valence-corrected chi connectivity index (χ0v) is 18.6. The molecule has 0 aliphatic carbocycles. The average molecular weight is 452 g/mol. The first-order valence-corrected chi connectivity index (χ1v) is 9.96. The molecule has 33 heavy (non-hydrogen) atoms. The topological polar surface area (TPSA) is 129 Å². The number of aromatic carboxylic acids is 1. The van der Waals surface area contributed by atoms with Crippen LogP contribution in [0.3, 0.4) is 0 Å². The fourth-order valence-electron chi connectivity index (χ4n) is 3.43. The molecule has 0 aliphatic rings. The van der Waals surface area contributed by atoms with Crippen LogP contribution >= 0.6 is 0 Å².